The van der Waals surface area contributed by atoms with Crippen LogP contribution >= 0.6 is 11.3 Å². The van der Waals surface area contributed by atoms with Crippen LogP contribution in [-0.2, 0) is 6.18 Å². The summed E-state index contributed by atoms with van der Waals surface area (Å²) >= 11 is 1.52. The van der Waals surface area contributed by atoms with E-state index in [1.807, 2.05) is 13.8 Å². The summed E-state index contributed by atoms with van der Waals surface area (Å²) in [6.07, 6.45) is -4.30. The average molecular weight is 314 g/mol. The first-order valence-corrected chi connectivity index (χ1v) is 7.53. The molecule has 1 N–H and O–H groups in total. The maximum atomic E-state index is 12.6. The summed E-state index contributed by atoms with van der Waals surface area (Å²) in [5.74, 6) is 0. The summed E-state index contributed by atoms with van der Waals surface area (Å²) in [4.78, 5) is 5.59. The molecule has 6 heteroatoms. The number of hydrogen-bond donors (Lipinski definition) is 1. The Morgan fingerprint density at radius 3 is 2.38 bits per heavy atom. The Hall–Kier alpha value is -1.40. The third kappa shape index (κ3) is 3.63. The first-order valence-electron chi connectivity index (χ1n) is 6.71. The third-order valence-electron chi connectivity index (χ3n) is 3.20. The van der Waals surface area contributed by atoms with Crippen molar-refractivity contribution >= 4 is 11.3 Å². The van der Waals surface area contributed by atoms with E-state index in [9.17, 15) is 13.2 Å². The third-order valence-corrected chi connectivity index (χ3v) is 4.58. The molecule has 2 nitrogen and oxygen atoms in total. The van der Waals surface area contributed by atoms with E-state index in [1.165, 1.54) is 23.5 Å². The van der Waals surface area contributed by atoms with E-state index in [1.54, 1.807) is 0 Å². The van der Waals surface area contributed by atoms with Crippen molar-refractivity contribution in [3.63, 3.8) is 0 Å². The van der Waals surface area contributed by atoms with Gasteiger partial charge in [-0.15, -0.1) is 11.3 Å². The molecule has 0 spiro atoms. The highest BCUT2D eigenvalue weighted by molar-refractivity contribution is 7.15. The van der Waals surface area contributed by atoms with Gasteiger partial charge in [0.05, 0.1) is 11.3 Å². The number of rotatable bonds is 4. The number of nitrogens with zero attached hydrogens (tertiary/aromatic N) is 1. The van der Waals surface area contributed by atoms with E-state index in [0.717, 1.165) is 34.3 Å². The van der Waals surface area contributed by atoms with Crippen molar-refractivity contribution in [1.82, 2.24) is 10.3 Å². The largest absolute Gasteiger partial charge is 0.416 e. The van der Waals surface area contributed by atoms with E-state index in [2.05, 4.69) is 17.2 Å². The zero-order valence-corrected chi connectivity index (χ0v) is 12.9. The van der Waals surface area contributed by atoms with Crippen LogP contribution < -0.4 is 5.32 Å². The smallest absolute Gasteiger partial charge is 0.310 e. The van der Waals surface area contributed by atoms with E-state index in [-0.39, 0.29) is 6.04 Å². The van der Waals surface area contributed by atoms with Crippen molar-refractivity contribution < 1.29 is 13.2 Å². The number of nitrogens with one attached hydrogen (secondary N) is 1. The van der Waals surface area contributed by atoms with Crippen LogP contribution in [0.25, 0.3) is 10.6 Å². The Bertz CT molecular complexity index is 602. The Morgan fingerprint density at radius 1 is 1.24 bits per heavy atom. The van der Waals surface area contributed by atoms with Crippen molar-refractivity contribution in [2.45, 2.75) is 33.0 Å². The van der Waals surface area contributed by atoms with Crippen molar-refractivity contribution in [3.05, 3.63) is 40.4 Å². The minimum absolute atomic E-state index is 0.190. The minimum atomic E-state index is -4.30. The maximum absolute atomic E-state index is 12.6. The highest BCUT2D eigenvalue weighted by Gasteiger charge is 2.30. The molecule has 1 aromatic carbocycles. The topological polar surface area (TPSA) is 24.9 Å². The highest BCUT2D eigenvalue weighted by atomic mass is 32.1. The molecule has 2 aromatic rings. The molecular weight excluding hydrogens is 297 g/mol. The molecule has 0 fully saturated rings. The molecule has 1 unspecified atom stereocenters. The number of alkyl halides is 3. The number of benzene rings is 1. The first-order chi connectivity index (χ1) is 9.82. The van der Waals surface area contributed by atoms with Crippen LogP contribution in [0.2, 0.25) is 0 Å². The number of halogens is 3. The molecular formula is C15H17F3N2S. The van der Waals surface area contributed by atoms with Gasteiger partial charge in [-0.2, -0.15) is 13.2 Å². The van der Waals surface area contributed by atoms with E-state index in [4.69, 9.17) is 0 Å². The Balaban J connectivity index is 2.29. The summed E-state index contributed by atoms with van der Waals surface area (Å²) in [7, 11) is 0. The molecule has 21 heavy (non-hydrogen) atoms. The molecule has 0 saturated carbocycles. The van der Waals surface area contributed by atoms with Crippen LogP contribution in [0, 0.1) is 6.92 Å². The second kappa shape index (κ2) is 6.15. The monoisotopic (exact) mass is 314 g/mol. The van der Waals surface area contributed by atoms with Gasteiger partial charge in [0, 0.05) is 16.5 Å². The molecule has 0 aliphatic rings. The van der Waals surface area contributed by atoms with Crippen LogP contribution in [0.15, 0.2) is 24.3 Å². The number of aromatic nitrogens is 1. The predicted molar refractivity (Wildman–Crippen MR) is 79.4 cm³/mol. The quantitative estimate of drug-likeness (QED) is 0.876. The Kier molecular flexibility index (Phi) is 4.68. The van der Waals surface area contributed by atoms with Gasteiger partial charge < -0.3 is 5.32 Å². The van der Waals surface area contributed by atoms with Crippen LogP contribution in [0.1, 0.15) is 36.0 Å². The van der Waals surface area contributed by atoms with Gasteiger partial charge in [-0.3, -0.25) is 0 Å². The van der Waals surface area contributed by atoms with Gasteiger partial charge in [0.25, 0.3) is 0 Å². The molecule has 0 amide bonds. The van der Waals surface area contributed by atoms with Gasteiger partial charge >= 0.3 is 6.18 Å². The first kappa shape index (κ1) is 16.0. The van der Waals surface area contributed by atoms with Gasteiger partial charge in [0.1, 0.15) is 5.01 Å². The summed E-state index contributed by atoms with van der Waals surface area (Å²) in [6.45, 7) is 6.87. The molecule has 0 radical (unpaired) electrons. The maximum Gasteiger partial charge on any atom is 0.416 e. The van der Waals surface area contributed by atoms with E-state index in [0.29, 0.717) is 5.56 Å². The van der Waals surface area contributed by atoms with Crippen LogP contribution in [-0.4, -0.2) is 11.5 Å². The molecule has 0 aliphatic carbocycles. The number of thiazole rings is 1. The van der Waals surface area contributed by atoms with Crippen LogP contribution in [0.5, 0.6) is 0 Å². The molecule has 2 rings (SSSR count). The SMILES string of the molecule is CCNC(C)c1sc(-c2ccc(C(F)(F)F)cc2)nc1C. The lowest BCUT2D eigenvalue weighted by molar-refractivity contribution is -0.137. The lowest BCUT2D eigenvalue weighted by Gasteiger charge is -2.10. The molecule has 0 saturated heterocycles. The number of hydrogen-bond acceptors (Lipinski definition) is 3. The van der Waals surface area contributed by atoms with Crippen molar-refractivity contribution in [2.75, 3.05) is 6.54 Å². The fourth-order valence-electron chi connectivity index (χ4n) is 2.13. The molecule has 114 valence electrons. The average Bonchev–Trinajstić information content (AvgIpc) is 2.80. The fourth-order valence-corrected chi connectivity index (χ4v) is 3.23. The Labute approximate surface area is 126 Å². The minimum Gasteiger partial charge on any atom is -0.310 e. The summed E-state index contributed by atoms with van der Waals surface area (Å²) in [5, 5.41) is 4.07. The van der Waals surface area contributed by atoms with Gasteiger partial charge in [0.15, 0.2) is 0 Å². The van der Waals surface area contributed by atoms with Crippen molar-refractivity contribution in [3.8, 4) is 10.6 Å². The fraction of sp³-hybridized carbons (Fsp3) is 0.400. The molecule has 1 atom stereocenters. The van der Waals surface area contributed by atoms with E-state index >= 15 is 0 Å². The summed E-state index contributed by atoms with van der Waals surface area (Å²) < 4.78 is 37.7. The zero-order chi connectivity index (χ0) is 15.6. The van der Waals surface area contributed by atoms with Crippen LogP contribution in [0.4, 0.5) is 13.2 Å². The van der Waals surface area contributed by atoms with Crippen LogP contribution in [0.3, 0.4) is 0 Å². The lowest BCUT2D eigenvalue weighted by Crippen LogP contribution is -2.17. The van der Waals surface area contributed by atoms with Gasteiger partial charge in [0.2, 0.25) is 0 Å². The highest BCUT2D eigenvalue weighted by Crippen LogP contribution is 2.34. The zero-order valence-electron chi connectivity index (χ0n) is 12.1. The van der Waals surface area contributed by atoms with Gasteiger partial charge in [-0.05, 0) is 32.5 Å². The lowest BCUT2D eigenvalue weighted by atomic mass is 10.1. The van der Waals surface area contributed by atoms with Crippen molar-refractivity contribution in [1.29, 1.82) is 0 Å². The second-order valence-corrected chi connectivity index (χ2v) is 5.85. The van der Waals surface area contributed by atoms with E-state index < -0.39 is 11.7 Å². The summed E-state index contributed by atoms with van der Waals surface area (Å²) in [5.41, 5.74) is 0.996. The normalized spacial score (nSPS) is 13.4. The summed E-state index contributed by atoms with van der Waals surface area (Å²) in [6, 6.07) is 5.33. The molecule has 0 bridgehead atoms. The predicted octanol–water partition coefficient (Wildman–Crippen LogP) is 4.81. The standard InChI is InChI=1S/C15H17F3N2S/c1-4-19-9(2)13-10(3)20-14(21-13)11-5-7-12(8-6-11)15(16,17)18/h5-9,19H,4H2,1-3H3. The van der Waals surface area contributed by atoms with Gasteiger partial charge in [-0.1, -0.05) is 19.1 Å². The van der Waals surface area contributed by atoms with Gasteiger partial charge in [-0.25, -0.2) is 4.98 Å². The number of aryl methyl sites for hydroxylation is 1. The Morgan fingerprint density at radius 2 is 1.86 bits per heavy atom. The van der Waals surface area contributed by atoms with Crippen molar-refractivity contribution in [2.24, 2.45) is 0 Å². The molecule has 1 heterocycles. The molecule has 0 aliphatic heterocycles. The second-order valence-electron chi connectivity index (χ2n) is 4.82. The molecule has 1 aromatic heterocycles.